The molecule has 0 bridgehead atoms. The Morgan fingerprint density at radius 2 is 1.88 bits per heavy atom. The smallest absolute Gasteiger partial charge is 0.228 e. The number of aryl methyl sites for hydroxylation is 1. The van der Waals surface area contributed by atoms with E-state index < -0.39 is 0 Å². The lowest BCUT2D eigenvalue weighted by Gasteiger charge is -2.21. The number of thioether (sulfide) groups is 1. The number of carbonyl (C=O) groups is 1. The zero-order valence-electron chi connectivity index (χ0n) is 19.5. The Hall–Kier alpha value is -1.51. The van der Waals surface area contributed by atoms with Gasteiger partial charge in [0, 0.05) is 22.9 Å². The fraction of sp³-hybridized carbons (Fsp3) is 0.417. The molecule has 1 aromatic heterocycles. The van der Waals surface area contributed by atoms with Crippen molar-refractivity contribution in [2.24, 2.45) is 0 Å². The Labute approximate surface area is 215 Å². The molecule has 0 radical (unpaired) electrons. The molecule has 0 aliphatic rings. The van der Waals surface area contributed by atoms with Crippen molar-refractivity contribution in [2.45, 2.75) is 31.1 Å². The Kier molecular flexibility index (Phi) is 11.3. The normalized spacial score (nSPS) is 11.0. The van der Waals surface area contributed by atoms with Crippen LogP contribution in [0, 0.1) is 6.92 Å². The molecule has 0 saturated heterocycles. The third-order valence-electron chi connectivity index (χ3n) is 5.02. The molecule has 0 unspecified atom stereocenters. The van der Waals surface area contributed by atoms with Crippen molar-refractivity contribution in [3.8, 4) is 5.75 Å². The molecule has 2 aromatic carbocycles. The number of methoxy groups -OCH3 is 1. The molecule has 1 amide bonds. The summed E-state index contributed by atoms with van der Waals surface area (Å²) >= 11 is 9.53. The highest BCUT2D eigenvalue weighted by Crippen LogP contribution is 2.33. The van der Waals surface area contributed by atoms with Gasteiger partial charge in [-0.1, -0.05) is 22.9 Å². The highest BCUT2D eigenvalue weighted by Gasteiger charge is 2.20. The molecule has 9 heteroatoms. The van der Waals surface area contributed by atoms with Crippen molar-refractivity contribution in [3.63, 3.8) is 0 Å². The summed E-state index contributed by atoms with van der Waals surface area (Å²) < 4.78 is 6.22. The molecule has 180 valence electrons. The molecule has 33 heavy (non-hydrogen) atoms. The molecule has 0 atom stereocenters. The number of amides is 1. The second-order valence-electron chi connectivity index (χ2n) is 7.90. The molecule has 0 aliphatic heterocycles. The number of hydrogen-bond donors (Lipinski definition) is 0. The Balaban J connectivity index is 0.00000385. The minimum atomic E-state index is 0. The van der Waals surface area contributed by atoms with E-state index in [2.05, 4.69) is 4.90 Å². The lowest BCUT2D eigenvalue weighted by atomic mass is 10.2. The quantitative estimate of drug-likeness (QED) is 0.209. The van der Waals surface area contributed by atoms with Crippen molar-refractivity contribution >= 4 is 68.4 Å². The first-order valence-electron chi connectivity index (χ1n) is 10.7. The van der Waals surface area contributed by atoms with Gasteiger partial charge < -0.3 is 9.64 Å². The summed E-state index contributed by atoms with van der Waals surface area (Å²) in [5.41, 5.74) is 1.96. The van der Waals surface area contributed by atoms with Crippen molar-refractivity contribution < 1.29 is 9.53 Å². The highest BCUT2D eigenvalue weighted by molar-refractivity contribution is 7.99. The Morgan fingerprint density at radius 3 is 2.55 bits per heavy atom. The highest BCUT2D eigenvalue weighted by atomic mass is 35.5. The molecule has 3 rings (SSSR count). The summed E-state index contributed by atoms with van der Waals surface area (Å²) in [6.07, 6.45) is 2.21. The van der Waals surface area contributed by atoms with E-state index in [0.717, 1.165) is 51.8 Å². The number of aromatic nitrogens is 1. The van der Waals surface area contributed by atoms with Gasteiger partial charge in [-0.3, -0.25) is 9.69 Å². The van der Waals surface area contributed by atoms with Crippen LogP contribution in [0.1, 0.15) is 24.8 Å². The van der Waals surface area contributed by atoms with Crippen LogP contribution in [0.3, 0.4) is 0 Å². The lowest BCUT2D eigenvalue weighted by molar-refractivity contribution is -0.118. The average molecular weight is 529 g/mol. The van der Waals surface area contributed by atoms with Gasteiger partial charge in [0.25, 0.3) is 0 Å². The number of nitrogens with zero attached hydrogens (tertiary/aromatic N) is 3. The summed E-state index contributed by atoms with van der Waals surface area (Å²) in [6, 6.07) is 11.9. The third kappa shape index (κ3) is 8.04. The number of carbonyl (C=O) groups excluding carboxylic acids is 1. The zero-order chi connectivity index (χ0) is 23.1. The summed E-state index contributed by atoms with van der Waals surface area (Å²) in [6.45, 7) is 3.59. The van der Waals surface area contributed by atoms with E-state index in [1.54, 1.807) is 18.9 Å². The van der Waals surface area contributed by atoms with Gasteiger partial charge in [0.1, 0.15) is 5.75 Å². The fourth-order valence-electron chi connectivity index (χ4n) is 3.35. The van der Waals surface area contributed by atoms with Crippen LogP contribution in [0.5, 0.6) is 5.75 Å². The minimum Gasteiger partial charge on any atom is -0.497 e. The molecular formula is C24H31Cl2N3O2S2. The maximum absolute atomic E-state index is 13.2. The molecule has 0 N–H and O–H groups in total. The SMILES string of the molecule is COc1ccc(SCCCC(=O)N(CCCN(C)C)c2nc3c(C)cc(Cl)cc3s2)cc1.Cl. The van der Waals surface area contributed by atoms with Crippen molar-refractivity contribution in [1.82, 2.24) is 9.88 Å². The van der Waals surface area contributed by atoms with Crippen LogP contribution in [0.2, 0.25) is 5.02 Å². The number of benzene rings is 2. The lowest BCUT2D eigenvalue weighted by Crippen LogP contribution is -2.33. The summed E-state index contributed by atoms with van der Waals surface area (Å²) in [7, 11) is 5.76. The molecule has 1 heterocycles. The maximum Gasteiger partial charge on any atom is 0.228 e. The standard InChI is InChI=1S/C24H30ClN3O2S2.ClH/c1-17-15-18(25)16-21-23(17)26-24(32-21)28(13-6-12-27(2)3)22(29)7-5-14-31-20-10-8-19(30-4)9-11-20;/h8-11,15-16H,5-7,12-14H2,1-4H3;1H. The van der Waals surface area contributed by atoms with Crippen LogP contribution < -0.4 is 9.64 Å². The van der Waals surface area contributed by atoms with Crippen molar-refractivity contribution in [1.29, 1.82) is 0 Å². The van der Waals surface area contributed by atoms with Crippen molar-refractivity contribution in [3.05, 3.63) is 47.0 Å². The number of anilines is 1. The molecular weight excluding hydrogens is 497 g/mol. The van der Waals surface area contributed by atoms with E-state index in [-0.39, 0.29) is 18.3 Å². The van der Waals surface area contributed by atoms with E-state index >= 15 is 0 Å². The van der Waals surface area contributed by atoms with Gasteiger partial charge in [-0.2, -0.15) is 0 Å². The zero-order valence-corrected chi connectivity index (χ0v) is 22.7. The Bertz CT molecular complexity index is 1040. The number of thiazole rings is 1. The molecule has 5 nitrogen and oxygen atoms in total. The number of ether oxygens (including phenoxy) is 1. The molecule has 3 aromatic rings. The molecule has 0 saturated carbocycles. The van der Waals surface area contributed by atoms with Crippen LogP contribution in [-0.2, 0) is 4.79 Å². The van der Waals surface area contributed by atoms with E-state index in [4.69, 9.17) is 21.3 Å². The largest absolute Gasteiger partial charge is 0.497 e. The summed E-state index contributed by atoms with van der Waals surface area (Å²) in [4.78, 5) is 23.1. The second kappa shape index (κ2) is 13.4. The topological polar surface area (TPSA) is 45.7 Å². The van der Waals surface area contributed by atoms with Crippen LogP contribution in [0.4, 0.5) is 5.13 Å². The van der Waals surface area contributed by atoms with Gasteiger partial charge >= 0.3 is 0 Å². The average Bonchev–Trinajstić information content (AvgIpc) is 3.18. The fourth-order valence-corrected chi connectivity index (χ4v) is 5.67. The van der Waals surface area contributed by atoms with Gasteiger partial charge in [-0.25, -0.2) is 4.98 Å². The van der Waals surface area contributed by atoms with Crippen molar-refractivity contribution in [2.75, 3.05) is 44.9 Å². The molecule has 0 aliphatic carbocycles. The predicted molar refractivity (Wildman–Crippen MR) is 145 cm³/mol. The van der Waals surface area contributed by atoms with Crippen LogP contribution >= 0.6 is 47.1 Å². The molecule has 0 spiro atoms. The van der Waals surface area contributed by atoms with Gasteiger partial charge in [0.2, 0.25) is 5.91 Å². The maximum atomic E-state index is 13.2. The van der Waals surface area contributed by atoms with Gasteiger partial charge in [-0.15, -0.1) is 24.2 Å². The van der Waals surface area contributed by atoms with E-state index in [1.807, 2.05) is 62.3 Å². The third-order valence-corrected chi connectivity index (χ3v) is 7.36. The van der Waals surface area contributed by atoms with Crippen LogP contribution in [-0.4, -0.2) is 55.8 Å². The van der Waals surface area contributed by atoms with Gasteiger partial charge in [0.05, 0.1) is 17.3 Å². The second-order valence-corrected chi connectivity index (χ2v) is 10.5. The number of rotatable bonds is 11. The monoisotopic (exact) mass is 527 g/mol. The Morgan fingerprint density at radius 1 is 1.15 bits per heavy atom. The molecule has 0 fully saturated rings. The van der Waals surface area contributed by atoms with E-state index in [1.165, 1.54) is 16.2 Å². The summed E-state index contributed by atoms with van der Waals surface area (Å²) in [5.74, 6) is 1.87. The first-order chi connectivity index (χ1) is 15.4. The first kappa shape index (κ1) is 27.7. The van der Waals surface area contributed by atoms with E-state index in [0.29, 0.717) is 18.0 Å². The van der Waals surface area contributed by atoms with Gasteiger partial charge in [-0.05, 0) is 88.1 Å². The first-order valence-corrected chi connectivity index (χ1v) is 12.8. The predicted octanol–water partition coefficient (Wildman–Crippen LogP) is 6.55. The number of halogens is 2. The summed E-state index contributed by atoms with van der Waals surface area (Å²) in [5, 5.41) is 1.46. The van der Waals surface area contributed by atoms with Crippen LogP contribution in [0.15, 0.2) is 41.3 Å². The number of fused-ring (bicyclic) bond motifs is 1. The minimum absolute atomic E-state index is 0. The number of hydrogen-bond acceptors (Lipinski definition) is 6. The van der Waals surface area contributed by atoms with Crippen LogP contribution in [0.25, 0.3) is 10.2 Å². The van der Waals surface area contributed by atoms with E-state index in [9.17, 15) is 4.79 Å². The van der Waals surface area contributed by atoms with Gasteiger partial charge in [0.15, 0.2) is 5.13 Å².